The molecule has 0 bridgehead atoms. The SMILES string of the molecule is Brc1ccc2[nH]c3c4c(ccc3c2c1)[C@@]1(c2ccccc2-c2c1ccc1c2[nH]c2ccccc21)c1ccccc1-4. The highest BCUT2D eigenvalue weighted by atomic mass is 79.9. The van der Waals surface area contributed by atoms with Crippen LogP contribution in [0.3, 0.4) is 0 Å². The summed E-state index contributed by atoms with van der Waals surface area (Å²) in [5, 5.41) is 5.07. The Kier molecular flexibility index (Phi) is 3.78. The first-order valence-electron chi connectivity index (χ1n) is 13.7. The summed E-state index contributed by atoms with van der Waals surface area (Å²) < 4.78 is 1.10. The average molecular weight is 573 g/mol. The first kappa shape index (κ1) is 21.2. The van der Waals surface area contributed by atoms with Gasteiger partial charge in [0, 0.05) is 48.2 Å². The first-order valence-corrected chi connectivity index (χ1v) is 14.5. The van der Waals surface area contributed by atoms with Crippen LogP contribution in [0.15, 0.2) is 120 Å². The van der Waals surface area contributed by atoms with Crippen molar-refractivity contribution in [3.05, 3.63) is 142 Å². The third kappa shape index (κ3) is 2.30. The van der Waals surface area contributed by atoms with Crippen LogP contribution in [0, 0.1) is 0 Å². The normalized spacial score (nSPS) is 16.7. The van der Waals surface area contributed by atoms with Gasteiger partial charge in [-0.15, -0.1) is 0 Å². The van der Waals surface area contributed by atoms with Crippen molar-refractivity contribution < 1.29 is 0 Å². The maximum Gasteiger partial charge on any atom is 0.0727 e. The molecular formula is C37H21BrN2. The molecule has 0 unspecified atom stereocenters. The van der Waals surface area contributed by atoms with Crippen LogP contribution in [0.1, 0.15) is 22.3 Å². The highest BCUT2D eigenvalue weighted by Crippen LogP contribution is 2.64. The van der Waals surface area contributed by atoms with E-state index in [4.69, 9.17) is 0 Å². The van der Waals surface area contributed by atoms with Crippen LogP contribution in [-0.4, -0.2) is 9.97 Å². The second-order valence-electron chi connectivity index (χ2n) is 11.1. The van der Waals surface area contributed by atoms with Crippen molar-refractivity contribution in [2.75, 3.05) is 0 Å². The molecule has 1 spiro atoms. The van der Waals surface area contributed by atoms with E-state index in [0.29, 0.717) is 0 Å². The summed E-state index contributed by atoms with van der Waals surface area (Å²) in [5.41, 5.74) is 15.1. The quantitative estimate of drug-likeness (QED) is 0.181. The third-order valence-corrected chi connectivity index (χ3v) is 9.92. The third-order valence-electron chi connectivity index (χ3n) is 9.43. The molecule has 3 heteroatoms. The number of hydrogen-bond acceptors (Lipinski definition) is 0. The van der Waals surface area contributed by atoms with E-state index in [9.17, 15) is 0 Å². The number of aromatic nitrogens is 2. The molecule has 0 saturated carbocycles. The summed E-state index contributed by atoms with van der Waals surface area (Å²) in [5.74, 6) is 0. The average Bonchev–Trinajstić information content (AvgIpc) is 3.71. The van der Waals surface area contributed by atoms with Gasteiger partial charge in [0.2, 0.25) is 0 Å². The summed E-state index contributed by atoms with van der Waals surface area (Å²) >= 11 is 3.69. The van der Waals surface area contributed by atoms with E-state index in [-0.39, 0.29) is 5.41 Å². The Labute approximate surface area is 238 Å². The van der Waals surface area contributed by atoms with Gasteiger partial charge in [-0.3, -0.25) is 0 Å². The van der Waals surface area contributed by atoms with Crippen LogP contribution < -0.4 is 0 Å². The molecule has 10 rings (SSSR count). The zero-order valence-electron chi connectivity index (χ0n) is 21.3. The van der Waals surface area contributed by atoms with Crippen LogP contribution in [-0.2, 0) is 5.41 Å². The number of para-hydroxylation sites is 1. The van der Waals surface area contributed by atoms with Crippen molar-refractivity contribution in [2.45, 2.75) is 5.41 Å². The molecule has 0 aliphatic heterocycles. The van der Waals surface area contributed by atoms with E-state index >= 15 is 0 Å². The Balaban J connectivity index is 1.41. The molecule has 186 valence electrons. The summed E-state index contributed by atoms with van der Waals surface area (Å²) in [7, 11) is 0. The molecule has 40 heavy (non-hydrogen) atoms. The molecule has 0 saturated heterocycles. The maximum absolute atomic E-state index is 3.82. The summed E-state index contributed by atoms with van der Waals surface area (Å²) in [6.07, 6.45) is 0. The van der Waals surface area contributed by atoms with Gasteiger partial charge < -0.3 is 9.97 Å². The molecule has 2 N–H and O–H groups in total. The number of hydrogen-bond donors (Lipinski definition) is 2. The van der Waals surface area contributed by atoms with E-state index < -0.39 is 0 Å². The topological polar surface area (TPSA) is 31.6 Å². The maximum atomic E-state index is 3.82. The van der Waals surface area contributed by atoms with Gasteiger partial charge in [-0.05, 0) is 57.6 Å². The lowest BCUT2D eigenvalue weighted by atomic mass is 9.70. The fourth-order valence-corrected chi connectivity index (χ4v) is 8.33. The highest BCUT2D eigenvalue weighted by molar-refractivity contribution is 9.10. The summed E-state index contributed by atoms with van der Waals surface area (Å²) in [6.45, 7) is 0. The molecule has 0 fully saturated rings. The van der Waals surface area contributed by atoms with Crippen LogP contribution in [0.5, 0.6) is 0 Å². The van der Waals surface area contributed by atoms with Crippen molar-refractivity contribution in [3.63, 3.8) is 0 Å². The van der Waals surface area contributed by atoms with Gasteiger partial charge in [-0.1, -0.05) is 107 Å². The molecule has 2 aliphatic carbocycles. The molecule has 2 aromatic heterocycles. The van der Waals surface area contributed by atoms with E-state index in [0.717, 1.165) is 9.99 Å². The number of rotatable bonds is 0. The number of aromatic amines is 2. The number of benzene rings is 6. The standard InChI is InChI=1S/C37H21BrN2/c38-20-13-18-32-26(19-20)23-15-17-30-34(36(23)40-32)25-9-2-5-11-28(25)37(30)27-10-4-1-8-24(27)33-29(37)16-14-22-21-7-3-6-12-31(21)39-35(22)33/h1-19,39-40H/t37-/m0/s1. The Bertz CT molecular complexity index is 2410. The minimum Gasteiger partial charge on any atom is -0.354 e. The van der Waals surface area contributed by atoms with Crippen molar-refractivity contribution >= 4 is 59.5 Å². The molecule has 1 atom stereocenters. The monoisotopic (exact) mass is 572 g/mol. The first-order chi connectivity index (χ1) is 19.7. The van der Waals surface area contributed by atoms with Gasteiger partial charge >= 0.3 is 0 Å². The number of halogens is 1. The van der Waals surface area contributed by atoms with Crippen molar-refractivity contribution in [1.29, 1.82) is 0 Å². The molecule has 2 aliphatic rings. The van der Waals surface area contributed by atoms with Crippen LogP contribution in [0.25, 0.3) is 65.9 Å². The second-order valence-corrected chi connectivity index (χ2v) is 12.1. The lowest BCUT2D eigenvalue weighted by Crippen LogP contribution is -2.25. The molecular weight excluding hydrogens is 552 g/mol. The van der Waals surface area contributed by atoms with Gasteiger partial charge in [0.25, 0.3) is 0 Å². The minimum absolute atomic E-state index is 0.380. The molecule has 0 radical (unpaired) electrons. The van der Waals surface area contributed by atoms with E-state index in [1.807, 2.05) is 0 Å². The van der Waals surface area contributed by atoms with Crippen molar-refractivity contribution in [3.8, 4) is 22.3 Å². The summed E-state index contributed by atoms with van der Waals surface area (Å²) in [4.78, 5) is 7.64. The van der Waals surface area contributed by atoms with Gasteiger partial charge in [-0.25, -0.2) is 0 Å². The highest BCUT2D eigenvalue weighted by Gasteiger charge is 2.52. The predicted molar refractivity (Wildman–Crippen MR) is 169 cm³/mol. The van der Waals surface area contributed by atoms with Gasteiger partial charge in [-0.2, -0.15) is 0 Å². The molecule has 6 aromatic carbocycles. The predicted octanol–water partition coefficient (Wildman–Crippen LogP) is 10.1. The van der Waals surface area contributed by atoms with E-state index in [2.05, 4.69) is 141 Å². The van der Waals surface area contributed by atoms with Gasteiger partial charge in [0.15, 0.2) is 0 Å². The second kappa shape index (κ2) is 7.12. The zero-order chi connectivity index (χ0) is 26.2. The Morgan fingerprint density at radius 1 is 0.450 bits per heavy atom. The lowest BCUT2D eigenvalue weighted by Gasteiger charge is -2.30. The number of H-pyrrole nitrogens is 2. The van der Waals surface area contributed by atoms with Crippen LogP contribution in [0.2, 0.25) is 0 Å². The van der Waals surface area contributed by atoms with E-state index in [1.54, 1.807) is 0 Å². The Morgan fingerprint density at radius 2 is 1.00 bits per heavy atom. The van der Waals surface area contributed by atoms with Crippen molar-refractivity contribution in [2.24, 2.45) is 0 Å². The van der Waals surface area contributed by atoms with Crippen LogP contribution in [0.4, 0.5) is 0 Å². The fourth-order valence-electron chi connectivity index (χ4n) is 7.97. The number of nitrogens with one attached hydrogen (secondary N) is 2. The Hall–Kier alpha value is -4.60. The fraction of sp³-hybridized carbons (Fsp3) is 0.0270. The van der Waals surface area contributed by atoms with E-state index in [1.165, 1.54) is 82.6 Å². The summed E-state index contributed by atoms with van der Waals surface area (Å²) in [6, 6.07) is 42.7. The molecule has 2 heterocycles. The molecule has 2 nitrogen and oxygen atoms in total. The van der Waals surface area contributed by atoms with Gasteiger partial charge in [0.1, 0.15) is 0 Å². The van der Waals surface area contributed by atoms with Crippen LogP contribution >= 0.6 is 15.9 Å². The lowest BCUT2D eigenvalue weighted by molar-refractivity contribution is 0.795. The molecule has 0 amide bonds. The zero-order valence-corrected chi connectivity index (χ0v) is 22.9. The van der Waals surface area contributed by atoms with Crippen molar-refractivity contribution in [1.82, 2.24) is 9.97 Å². The smallest absolute Gasteiger partial charge is 0.0727 e. The molecule has 8 aromatic rings. The Morgan fingerprint density at radius 3 is 1.68 bits per heavy atom. The minimum atomic E-state index is -0.380. The number of fused-ring (bicyclic) bond motifs is 18. The van der Waals surface area contributed by atoms with Gasteiger partial charge in [0.05, 0.1) is 16.4 Å². The largest absolute Gasteiger partial charge is 0.354 e.